The summed E-state index contributed by atoms with van der Waals surface area (Å²) in [6.45, 7) is 4.44. The summed E-state index contributed by atoms with van der Waals surface area (Å²) in [6.07, 6.45) is 4.93. The Balaban J connectivity index is 1.61. The Morgan fingerprint density at radius 3 is 2.76 bits per heavy atom. The van der Waals surface area contributed by atoms with Crippen molar-refractivity contribution in [2.45, 2.75) is 26.5 Å². The van der Waals surface area contributed by atoms with E-state index in [0.717, 1.165) is 19.6 Å². The molecule has 0 amide bonds. The van der Waals surface area contributed by atoms with Crippen LogP contribution in [0.5, 0.6) is 0 Å². The Bertz CT molecular complexity index is 436. The van der Waals surface area contributed by atoms with Crippen LogP contribution in [0.25, 0.3) is 0 Å². The van der Waals surface area contributed by atoms with E-state index < -0.39 is 0 Å². The number of aryl methyl sites for hydroxylation is 2. The minimum atomic E-state index is 0.693. The van der Waals surface area contributed by atoms with E-state index in [4.69, 9.17) is 4.74 Å². The first-order chi connectivity index (χ1) is 8.34. The molecular weight excluding hydrogens is 212 g/mol. The molecule has 0 bridgehead atoms. The zero-order valence-corrected chi connectivity index (χ0v) is 10.2. The predicted octanol–water partition coefficient (Wildman–Crippen LogP) is 2.80. The van der Waals surface area contributed by atoms with Gasteiger partial charge in [0.1, 0.15) is 0 Å². The Labute approximate surface area is 102 Å². The van der Waals surface area contributed by atoms with Crippen LogP contribution in [0.4, 0.5) is 0 Å². The lowest BCUT2D eigenvalue weighted by Gasteiger charge is -2.04. The molecular formula is C14H18N2O. The van der Waals surface area contributed by atoms with E-state index >= 15 is 0 Å². The lowest BCUT2D eigenvalue weighted by atomic mass is 10.2. The van der Waals surface area contributed by atoms with E-state index in [1.807, 2.05) is 29.1 Å². The normalized spacial score (nSPS) is 10.6. The molecule has 0 N–H and O–H groups in total. The molecule has 0 aliphatic carbocycles. The number of ether oxygens (including phenoxy) is 1. The number of rotatable bonds is 6. The summed E-state index contributed by atoms with van der Waals surface area (Å²) in [6, 6.07) is 10.2. The fourth-order valence-electron chi connectivity index (χ4n) is 1.68. The van der Waals surface area contributed by atoms with Crippen molar-refractivity contribution in [2.75, 3.05) is 6.61 Å². The molecule has 2 rings (SSSR count). The number of aromatic nitrogens is 2. The molecule has 0 saturated heterocycles. The van der Waals surface area contributed by atoms with Crippen molar-refractivity contribution in [1.82, 2.24) is 9.78 Å². The molecule has 0 aliphatic heterocycles. The quantitative estimate of drug-likeness (QED) is 0.713. The van der Waals surface area contributed by atoms with E-state index in [1.165, 1.54) is 11.1 Å². The highest BCUT2D eigenvalue weighted by atomic mass is 16.5. The summed E-state index contributed by atoms with van der Waals surface area (Å²) in [5.74, 6) is 0. The largest absolute Gasteiger partial charge is 0.377 e. The fourth-order valence-corrected chi connectivity index (χ4v) is 1.68. The van der Waals surface area contributed by atoms with Crippen molar-refractivity contribution >= 4 is 0 Å². The summed E-state index contributed by atoms with van der Waals surface area (Å²) < 4.78 is 7.57. The third kappa shape index (κ3) is 4.04. The molecule has 0 aliphatic rings. The molecule has 0 fully saturated rings. The van der Waals surface area contributed by atoms with Crippen LogP contribution in [-0.2, 0) is 17.9 Å². The molecule has 1 aromatic carbocycles. The van der Waals surface area contributed by atoms with Gasteiger partial charge in [0.2, 0.25) is 0 Å². The lowest BCUT2D eigenvalue weighted by Crippen LogP contribution is -2.03. The maximum atomic E-state index is 5.61. The summed E-state index contributed by atoms with van der Waals surface area (Å²) in [4.78, 5) is 0. The monoisotopic (exact) mass is 230 g/mol. The van der Waals surface area contributed by atoms with Crippen molar-refractivity contribution in [3.05, 3.63) is 53.9 Å². The first-order valence-corrected chi connectivity index (χ1v) is 5.95. The number of hydrogen-bond donors (Lipinski definition) is 0. The van der Waals surface area contributed by atoms with E-state index in [1.54, 1.807) is 0 Å². The van der Waals surface area contributed by atoms with Crippen LogP contribution in [-0.4, -0.2) is 16.4 Å². The Morgan fingerprint density at radius 1 is 1.24 bits per heavy atom. The first kappa shape index (κ1) is 11.9. The van der Waals surface area contributed by atoms with Gasteiger partial charge in [0.25, 0.3) is 0 Å². The van der Waals surface area contributed by atoms with Crippen molar-refractivity contribution < 1.29 is 4.74 Å². The third-order valence-corrected chi connectivity index (χ3v) is 2.55. The van der Waals surface area contributed by atoms with Gasteiger partial charge < -0.3 is 4.74 Å². The van der Waals surface area contributed by atoms with Gasteiger partial charge >= 0.3 is 0 Å². The molecule has 0 spiro atoms. The fraction of sp³-hybridized carbons (Fsp3) is 0.357. The van der Waals surface area contributed by atoms with E-state index in [-0.39, 0.29) is 0 Å². The summed E-state index contributed by atoms with van der Waals surface area (Å²) in [7, 11) is 0. The highest BCUT2D eigenvalue weighted by molar-refractivity contribution is 5.13. The highest BCUT2D eigenvalue weighted by Crippen LogP contribution is 2.01. The minimum absolute atomic E-state index is 0.693. The molecule has 90 valence electrons. The lowest BCUT2D eigenvalue weighted by molar-refractivity contribution is 0.115. The smallest absolute Gasteiger partial charge is 0.0716 e. The van der Waals surface area contributed by atoms with Gasteiger partial charge in [-0.2, -0.15) is 5.10 Å². The molecule has 0 unspecified atom stereocenters. The van der Waals surface area contributed by atoms with Crippen LogP contribution in [0.3, 0.4) is 0 Å². The molecule has 2 aromatic rings. The average Bonchev–Trinajstić information content (AvgIpc) is 2.76. The second-order valence-corrected chi connectivity index (χ2v) is 4.17. The molecule has 1 heterocycles. The van der Waals surface area contributed by atoms with E-state index in [2.05, 4.69) is 30.4 Å². The van der Waals surface area contributed by atoms with Crippen molar-refractivity contribution in [1.29, 1.82) is 0 Å². The van der Waals surface area contributed by atoms with Crippen LogP contribution >= 0.6 is 0 Å². The van der Waals surface area contributed by atoms with Gasteiger partial charge in [-0.15, -0.1) is 0 Å². The van der Waals surface area contributed by atoms with Crippen molar-refractivity contribution in [2.24, 2.45) is 0 Å². The zero-order chi connectivity index (χ0) is 11.9. The third-order valence-electron chi connectivity index (χ3n) is 2.55. The molecule has 3 nitrogen and oxygen atoms in total. The second kappa shape index (κ2) is 6.21. The average molecular weight is 230 g/mol. The van der Waals surface area contributed by atoms with Gasteiger partial charge in [-0.25, -0.2) is 0 Å². The Morgan fingerprint density at radius 2 is 2.06 bits per heavy atom. The maximum Gasteiger partial charge on any atom is 0.0716 e. The summed E-state index contributed by atoms with van der Waals surface area (Å²) >= 11 is 0. The minimum Gasteiger partial charge on any atom is -0.377 e. The van der Waals surface area contributed by atoms with Crippen molar-refractivity contribution in [3.8, 4) is 0 Å². The van der Waals surface area contributed by atoms with Gasteiger partial charge in [-0.1, -0.05) is 30.3 Å². The van der Waals surface area contributed by atoms with Crippen molar-refractivity contribution in [3.63, 3.8) is 0 Å². The number of benzene rings is 1. The van der Waals surface area contributed by atoms with Crippen LogP contribution < -0.4 is 0 Å². The molecule has 0 saturated carbocycles. The van der Waals surface area contributed by atoms with Crippen LogP contribution in [0.2, 0.25) is 0 Å². The molecule has 17 heavy (non-hydrogen) atoms. The molecule has 0 atom stereocenters. The van der Waals surface area contributed by atoms with E-state index in [0.29, 0.717) is 6.61 Å². The Kier molecular flexibility index (Phi) is 4.33. The maximum absolute atomic E-state index is 5.61. The van der Waals surface area contributed by atoms with Gasteiger partial charge in [-0.3, -0.25) is 4.68 Å². The summed E-state index contributed by atoms with van der Waals surface area (Å²) in [5.41, 5.74) is 2.43. The van der Waals surface area contributed by atoms with Gasteiger partial charge in [0, 0.05) is 19.3 Å². The van der Waals surface area contributed by atoms with E-state index in [9.17, 15) is 0 Å². The number of nitrogens with zero attached hydrogens (tertiary/aromatic N) is 2. The standard InChI is InChI=1S/C14H18N2O/c1-13-10-15-16(11-13)8-5-9-17-12-14-6-3-2-4-7-14/h2-4,6-7,10-11H,5,8-9,12H2,1H3. The zero-order valence-electron chi connectivity index (χ0n) is 10.2. The van der Waals surface area contributed by atoms with Crippen LogP contribution in [0.1, 0.15) is 17.5 Å². The summed E-state index contributed by atoms with van der Waals surface area (Å²) in [5, 5.41) is 4.23. The number of hydrogen-bond acceptors (Lipinski definition) is 2. The van der Waals surface area contributed by atoms with Crippen LogP contribution in [0.15, 0.2) is 42.7 Å². The SMILES string of the molecule is Cc1cnn(CCCOCc2ccccc2)c1. The molecule has 0 radical (unpaired) electrons. The second-order valence-electron chi connectivity index (χ2n) is 4.17. The molecule has 3 heteroatoms. The van der Waals surface area contributed by atoms with Gasteiger partial charge in [0.05, 0.1) is 12.8 Å². The molecule has 1 aromatic heterocycles. The van der Waals surface area contributed by atoms with Crippen LogP contribution in [0, 0.1) is 6.92 Å². The predicted molar refractivity (Wildman–Crippen MR) is 67.7 cm³/mol. The Hall–Kier alpha value is -1.61. The van der Waals surface area contributed by atoms with Gasteiger partial charge in [-0.05, 0) is 24.5 Å². The highest BCUT2D eigenvalue weighted by Gasteiger charge is 1.95. The van der Waals surface area contributed by atoms with Gasteiger partial charge in [0.15, 0.2) is 0 Å². The topological polar surface area (TPSA) is 27.1 Å². The first-order valence-electron chi connectivity index (χ1n) is 5.95.